The van der Waals surface area contributed by atoms with Gasteiger partial charge in [0.25, 0.3) is 0 Å². The Labute approximate surface area is 258 Å². The third-order valence-corrected chi connectivity index (χ3v) is 7.53. The second kappa shape index (κ2) is 12.8. The zero-order valence-corrected chi connectivity index (χ0v) is 23.5. The van der Waals surface area contributed by atoms with Gasteiger partial charge in [0, 0.05) is 24.5 Å². The molecule has 18 heteroatoms. The van der Waals surface area contributed by atoms with E-state index in [9.17, 15) is 40.2 Å². The van der Waals surface area contributed by atoms with E-state index in [1.807, 2.05) is 11.8 Å². The fourth-order valence-electron chi connectivity index (χ4n) is 5.20. The van der Waals surface area contributed by atoms with Gasteiger partial charge in [-0.1, -0.05) is 11.8 Å². The molecule has 18 nitrogen and oxygen atoms in total. The summed E-state index contributed by atoms with van der Waals surface area (Å²) in [6.45, 7) is 0. The Balaban J connectivity index is 0.000000181. The molecular weight excluding hydrogens is 608 g/mol. The number of aliphatic hydroxyl groups excluding tert-OH is 6. The molecule has 2 aliphatic heterocycles. The summed E-state index contributed by atoms with van der Waals surface area (Å²) in [5.74, 6) is 4.06. The first-order valence-corrected chi connectivity index (χ1v) is 13.5. The fourth-order valence-corrected chi connectivity index (χ4v) is 5.20. The summed E-state index contributed by atoms with van der Waals surface area (Å²) in [5, 5.41) is 59.9. The van der Waals surface area contributed by atoms with Crippen molar-refractivity contribution in [1.82, 2.24) is 29.1 Å². The average Bonchev–Trinajstić information content (AvgIpc) is 3.51. The van der Waals surface area contributed by atoms with Gasteiger partial charge in [-0.15, -0.1) is 12.8 Å². The summed E-state index contributed by atoms with van der Waals surface area (Å²) >= 11 is 0. The lowest BCUT2D eigenvalue weighted by Crippen LogP contribution is -2.37. The lowest BCUT2D eigenvalue weighted by atomic mass is 10.1. The molecule has 0 aromatic carbocycles. The van der Waals surface area contributed by atoms with Crippen molar-refractivity contribution in [2.24, 2.45) is 0 Å². The number of ether oxygens (including phenoxy) is 2. The number of terminal acetylenes is 2. The first kappa shape index (κ1) is 32.4. The van der Waals surface area contributed by atoms with Crippen LogP contribution in [0.15, 0.2) is 46.8 Å². The first-order chi connectivity index (χ1) is 21.9. The molecule has 10 N–H and O–H groups in total. The van der Waals surface area contributed by atoms with E-state index in [0.717, 1.165) is 0 Å². The van der Waals surface area contributed by atoms with Crippen molar-refractivity contribution in [1.29, 1.82) is 0 Å². The number of pyridine rings is 2. The van der Waals surface area contributed by atoms with Crippen LogP contribution in [0, 0.1) is 24.7 Å². The third kappa shape index (κ3) is 5.51. The van der Waals surface area contributed by atoms with Crippen LogP contribution in [0.2, 0.25) is 0 Å². The van der Waals surface area contributed by atoms with Gasteiger partial charge in [-0.2, -0.15) is 0 Å². The summed E-state index contributed by atoms with van der Waals surface area (Å²) in [5.41, 5.74) is 10.9. The van der Waals surface area contributed by atoms with Crippen molar-refractivity contribution in [2.75, 3.05) is 11.5 Å². The molecule has 0 amide bonds. The Hall–Kier alpha value is -5.02. The van der Waals surface area contributed by atoms with Crippen LogP contribution in [0.25, 0.3) is 22.1 Å². The maximum Gasteiger partial charge on any atom is 0.194 e. The average molecular weight is 637 g/mol. The minimum absolute atomic E-state index is 0.0115. The number of fused-ring (bicyclic) bond motifs is 2. The van der Waals surface area contributed by atoms with E-state index >= 15 is 0 Å². The monoisotopic (exact) mass is 636 g/mol. The highest BCUT2D eigenvalue weighted by atomic mass is 16.6. The summed E-state index contributed by atoms with van der Waals surface area (Å²) in [6, 6.07) is 2.44. The second-order valence-corrected chi connectivity index (χ2v) is 10.3. The lowest BCUT2D eigenvalue weighted by Gasteiger charge is -2.20. The summed E-state index contributed by atoms with van der Waals surface area (Å²) in [4.78, 5) is 39.4. The molecule has 0 bridgehead atoms. The van der Waals surface area contributed by atoms with E-state index < -0.39 is 61.3 Å². The standard InChI is InChI=1S/2C14H14N4O5/c2*1-2-6(19)11-9(21)10(22)14(23-11)18-4-3-7(20)8-12(15)16-5-17-13(8)18/h2*1,3-6,9-11,14,19,21-22H,(H2,15,16,17)/t6-,9+,10-,11-,14-;6-,9-,10+,11+,14+/m10/s1. The van der Waals surface area contributed by atoms with Crippen molar-refractivity contribution in [3.63, 3.8) is 0 Å². The molecule has 0 aliphatic carbocycles. The van der Waals surface area contributed by atoms with Gasteiger partial charge in [0.1, 0.15) is 83.9 Å². The predicted octanol–water partition coefficient (Wildman–Crippen LogP) is -4.03. The third-order valence-electron chi connectivity index (χ3n) is 7.53. The number of aliphatic hydroxyl groups is 6. The minimum Gasteiger partial charge on any atom is -0.387 e. The van der Waals surface area contributed by atoms with E-state index in [4.69, 9.17) is 33.8 Å². The van der Waals surface area contributed by atoms with Crippen molar-refractivity contribution in [2.45, 2.75) is 61.3 Å². The second-order valence-electron chi connectivity index (χ2n) is 10.3. The molecule has 2 saturated heterocycles. The zero-order chi connectivity index (χ0) is 33.4. The molecule has 6 heterocycles. The van der Waals surface area contributed by atoms with Crippen LogP contribution in [-0.2, 0) is 9.47 Å². The molecule has 6 rings (SSSR count). The number of hydrogen-bond donors (Lipinski definition) is 8. The molecule has 4 aromatic rings. The Morgan fingerprint density at radius 3 is 1.41 bits per heavy atom. The number of aromatic nitrogens is 6. The highest BCUT2D eigenvalue weighted by Gasteiger charge is 2.48. The van der Waals surface area contributed by atoms with Crippen molar-refractivity contribution >= 4 is 33.7 Å². The van der Waals surface area contributed by atoms with Crippen LogP contribution in [-0.4, -0.2) is 109 Å². The van der Waals surface area contributed by atoms with Crippen molar-refractivity contribution < 1.29 is 40.1 Å². The van der Waals surface area contributed by atoms with E-state index in [1.165, 1.54) is 46.3 Å². The first-order valence-electron chi connectivity index (χ1n) is 13.5. The van der Waals surface area contributed by atoms with Gasteiger partial charge in [-0.05, 0) is 0 Å². The summed E-state index contributed by atoms with van der Waals surface area (Å²) in [6.07, 6.45) is 2.35. The van der Waals surface area contributed by atoms with E-state index in [1.54, 1.807) is 0 Å². The number of anilines is 2. The van der Waals surface area contributed by atoms with Gasteiger partial charge in [0.05, 0.1) is 0 Å². The molecule has 0 radical (unpaired) electrons. The van der Waals surface area contributed by atoms with Gasteiger partial charge in [-0.25, -0.2) is 19.9 Å². The van der Waals surface area contributed by atoms with Gasteiger partial charge in [0.2, 0.25) is 0 Å². The van der Waals surface area contributed by atoms with Gasteiger partial charge >= 0.3 is 0 Å². The van der Waals surface area contributed by atoms with Crippen LogP contribution in [0.4, 0.5) is 11.6 Å². The Kier molecular flexibility index (Phi) is 8.99. The molecule has 4 aromatic heterocycles. The lowest BCUT2D eigenvalue weighted by molar-refractivity contribution is -0.0673. The maximum absolute atomic E-state index is 11.9. The van der Waals surface area contributed by atoms with Crippen LogP contribution in [0.3, 0.4) is 0 Å². The molecule has 46 heavy (non-hydrogen) atoms. The number of hydrogen-bond acceptors (Lipinski definition) is 16. The Morgan fingerprint density at radius 1 is 0.696 bits per heavy atom. The largest absolute Gasteiger partial charge is 0.387 e. The smallest absolute Gasteiger partial charge is 0.194 e. The van der Waals surface area contributed by atoms with Crippen LogP contribution in [0.1, 0.15) is 12.5 Å². The van der Waals surface area contributed by atoms with Crippen LogP contribution in [0.5, 0.6) is 0 Å². The maximum atomic E-state index is 11.9. The van der Waals surface area contributed by atoms with Crippen molar-refractivity contribution in [3.8, 4) is 24.7 Å². The predicted molar refractivity (Wildman–Crippen MR) is 158 cm³/mol. The van der Waals surface area contributed by atoms with Crippen molar-refractivity contribution in [3.05, 3.63) is 57.6 Å². The Morgan fingerprint density at radius 2 is 1.07 bits per heavy atom. The van der Waals surface area contributed by atoms with Crippen LogP contribution >= 0.6 is 0 Å². The molecule has 0 unspecified atom stereocenters. The summed E-state index contributed by atoms with van der Waals surface area (Å²) in [7, 11) is 0. The molecule has 0 spiro atoms. The van der Waals surface area contributed by atoms with Gasteiger partial charge in [-0.3, -0.25) is 9.59 Å². The summed E-state index contributed by atoms with van der Waals surface area (Å²) < 4.78 is 13.6. The van der Waals surface area contributed by atoms with Gasteiger partial charge < -0.3 is 60.7 Å². The normalized spacial score (nSPS) is 28.6. The molecular formula is C28H28N8O10. The highest BCUT2D eigenvalue weighted by Crippen LogP contribution is 2.34. The van der Waals surface area contributed by atoms with E-state index in [-0.39, 0.29) is 44.6 Å². The fraction of sp³-hybridized carbons (Fsp3) is 0.357. The number of nitrogens with two attached hydrogens (primary N) is 2. The number of nitrogen functional groups attached to an aromatic ring is 2. The number of nitrogens with zero attached hydrogens (tertiary/aromatic N) is 6. The highest BCUT2D eigenvalue weighted by molar-refractivity contribution is 5.85. The number of rotatable bonds is 4. The van der Waals surface area contributed by atoms with E-state index in [0.29, 0.717) is 0 Å². The topological polar surface area (TPSA) is 287 Å². The van der Waals surface area contributed by atoms with Crippen LogP contribution < -0.4 is 22.3 Å². The quantitative estimate of drug-likeness (QED) is 0.0990. The molecule has 0 saturated carbocycles. The molecule has 2 aliphatic rings. The Bertz CT molecular complexity index is 1830. The minimum atomic E-state index is -1.40. The van der Waals surface area contributed by atoms with Gasteiger partial charge in [0.15, 0.2) is 34.6 Å². The molecule has 10 atom stereocenters. The molecule has 240 valence electrons. The van der Waals surface area contributed by atoms with E-state index in [2.05, 4.69) is 19.9 Å². The zero-order valence-electron chi connectivity index (χ0n) is 23.5. The molecule has 2 fully saturated rings. The SMILES string of the molecule is C#C[C@@H](O)[C@H]1O[C@@H](n2ccc(=O)c3c(N)ncnc32)[C@H](O)[C@@H]1O.C#C[C@H](O)[C@H]1O[C@@H](n2ccc(=O)c3c(N)ncnc32)[C@H](O)[C@@H]1O.